The van der Waals surface area contributed by atoms with E-state index in [2.05, 4.69) is 0 Å². The van der Waals surface area contributed by atoms with Crippen molar-refractivity contribution in [3.05, 3.63) is 23.8 Å². The molecule has 1 aromatic carbocycles. The van der Waals surface area contributed by atoms with Crippen LogP contribution in [0.2, 0.25) is 0 Å². The third kappa shape index (κ3) is 2.43. The highest BCUT2D eigenvalue weighted by Crippen LogP contribution is 2.33. The van der Waals surface area contributed by atoms with E-state index in [-0.39, 0.29) is 17.4 Å². The average Bonchev–Trinajstić information content (AvgIpc) is 2.73. The molecule has 0 saturated heterocycles. The lowest BCUT2D eigenvalue weighted by atomic mass is 10.2. The van der Waals surface area contributed by atoms with Gasteiger partial charge < -0.3 is 10.5 Å². The monoisotopic (exact) mass is 227 g/mol. The Kier molecular flexibility index (Phi) is 3.27. The number of hydrogen-bond acceptors (Lipinski definition) is 2. The van der Waals surface area contributed by atoms with Crippen LogP contribution in [0.15, 0.2) is 18.2 Å². The third-order valence-corrected chi connectivity index (χ3v) is 2.86. The standard InChI is InChI=1S/C12H15F2NO/c13-12(14)10-7-8(15)5-6-11(10)16-9-3-1-2-4-9/h5-7,9,12H,1-4,15H2. The lowest BCUT2D eigenvalue weighted by Crippen LogP contribution is -2.12. The number of nitrogens with two attached hydrogens (primary N) is 1. The van der Waals surface area contributed by atoms with Gasteiger partial charge in [0.1, 0.15) is 5.75 Å². The summed E-state index contributed by atoms with van der Waals surface area (Å²) < 4.78 is 31.1. The van der Waals surface area contributed by atoms with E-state index in [1.807, 2.05) is 0 Å². The summed E-state index contributed by atoms with van der Waals surface area (Å²) in [5.41, 5.74) is 5.72. The predicted molar refractivity (Wildman–Crippen MR) is 58.7 cm³/mol. The molecule has 0 amide bonds. The van der Waals surface area contributed by atoms with Crippen molar-refractivity contribution in [2.75, 3.05) is 5.73 Å². The number of ether oxygens (including phenoxy) is 1. The molecule has 0 spiro atoms. The van der Waals surface area contributed by atoms with Crippen LogP contribution in [0, 0.1) is 0 Å². The highest BCUT2D eigenvalue weighted by molar-refractivity contribution is 5.48. The molecular formula is C12H15F2NO. The van der Waals surface area contributed by atoms with Gasteiger partial charge in [0.25, 0.3) is 6.43 Å². The number of benzene rings is 1. The molecule has 1 aromatic rings. The van der Waals surface area contributed by atoms with Crippen molar-refractivity contribution >= 4 is 5.69 Å². The molecule has 0 unspecified atom stereocenters. The van der Waals surface area contributed by atoms with Gasteiger partial charge in [-0.05, 0) is 43.9 Å². The summed E-state index contributed by atoms with van der Waals surface area (Å²) in [7, 11) is 0. The molecule has 1 aliphatic carbocycles. The molecule has 1 saturated carbocycles. The summed E-state index contributed by atoms with van der Waals surface area (Å²) in [5, 5.41) is 0. The Morgan fingerprint density at radius 3 is 2.56 bits per heavy atom. The van der Waals surface area contributed by atoms with Crippen molar-refractivity contribution in [1.82, 2.24) is 0 Å². The first-order chi connectivity index (χ1) is 7.66. The van der Waals surface area contributed by atoms with Crippen molar-refractivity contribution in [1.29, 1.82) is 0 Å². The molecule has 4 heteroatoms. The van der Waals surface area contributed by atoms with Crippen molar-refractivity contribution in [3.8, 4) is 5.75 Å². The van der Waals surface area contributed by atoms with E-state index in [1.165, 1.54) is 12.1 Å². The van der Waals surface area contributed by atoms with Gasteiger partial charge >= 0.3 is 0 Å². The molecular weight excluding hydrogens is 212 g/mol. The zero-order valence-corrected chi connectivity index (χ0v) is 8.96. The van der Waals surface area contributed by atoms with Gasteiger partial charge in [0.05, 0.1) is 11.7 Å². The number of anilines is 1. The average molecular weight is 227 g/mol. The Morgan fingerprint density at radius 2 is 1.94 bits per heavy atom. The quantitative estimate of drug-likeness (QED) is 0.802. The van der Waals surface area contributed by atoms with Crippen LogP contribution in [0.1, 0.15) is 37.7 Å². The molecule has 2 rings (SSSR count). The lowest BCUT2D eigenvalue weighted by molar-refractivity contribution is 0.138. The molecule has 0 aliphatic heterocycles. The SMILES string of the molecule is Nc1ccc(OC2CCCC2)c(C(F)F)c1. The smallest absolute Gasteiger partial charge is 0.267 e. The maximum atomic E-state index is 12.7. The number of alkyl halides is 2. The van der Waals surface area contributed by atoms with Gasteiger partial charge in [-0.1, -0.05) is 0 Å². The number of rotatable bonds is 3. The van der Waals surface area contributed by atoms with Crippen LogP contribution < -0.4 is 10.5 Å². The second-order valence-electron chi connectivity index (χ2n) is 4.12. The Labute approximate surface area is 93.4 Å². The molecule has 2 nitrogen and oxygen atoms in total. The fraction of sp³-hybridized carbons (Fsp3) is 0.500. The Balaban J connectivity index is 2.18. The number of halogens is 2. The Morgan fingerprint density at radius 1 is 1.25 bits per heavy atom. The molecule has 16 heavy (non-hydrogen) atoms. The van der Waals surface area contributed by atoms with Crippen LogP contribution in [0.5, 0.6) is 5.75 Å². The topological polar surface area (TPSA) is 35.2 Å². The Bertz CT molecular complexity index is 362. The summed E-state index contributed by atoms with van der Waals surface area (Å²) in [6.45, 7) is 0. The summed E-state index contributed by atoms with van der Waals surface area (Å²) in [4.78, 5) is 0. The summed E-state index contributed by atoms with van der Waals surface area (Å²) >= 11 is 0. The van der Waals surface area contributed by atoms with Crippen LogP contribution in [0.3, 0.4) is 0 Å². The van der Waals surface area contributed by atoms with Crippen LogP contribution in [-0.4, -0.2) is 6.10 Å². The fourth-order valence-corrected chi connectivity index (χ4v) is 2.03. The molecule has 0 heterocycles. The molecule has 1 aliphatic rings. The molecule has 0 bridgehead atoms. The van der Waals surface area contributed by atoms with E-state index >= 15 is 0 Å². The van der Waals surface area contributed by atoms with E-state index in [1.54, 1.807) is 6.07 Å². The maximum absolute atomic E-state index is 12.7. The Hall–Kier alpha value is -1.32. The highest BCUT2D eigenvalue weighted by atomic mass is 19.3. The maximum Gasteiger partial charge on any atom is 0.267 e. The first kappa shape index (κ1) is 11.2. The lowest BCUT2D eigenvalue weighted by Gasteiger charge is -2.16. The van der Waals surface area contributed by atoms with E-state index < -0.39 is 6.43 Å². The van der Waals surface area contributed by atoms with Gasteiger partial charge in [0, 0.05) is 5.69 Å². The fourth-order valence-electron chi connectivity index (χ4n) is 2.03. The molecule has 2 N–H and O–H groups in total. The van der Waals surface area contributed by atoms with Crippen molar-refractivity contribution in [3.63, 3.8) is 0 Å². The zero-order valence-electron chi connectivity index (χ0n) is 8.96. The number of hydrogen-bond donors (Lipinski definition) is 1. The first-order valence-electron chi connectivity index (χ1n) is 5.51. The van der Waals surface area contributed by atoms with Crippen molar-refractivity contribution in [2.45, 2.75) is 38.2 Å². The summed E-state index contributed by atoms with van der Waals surface area (Å²) in [6, 6.07) is 4.42. The van der Waals surface area contributed by atoms with Crippen LogP contribution in [0.25, 0.3) is 0 Å². The zero-order chi connectivity index (χ0) is 11.5. The third-order valence-electron chi connectivity index (χ3n) is 2.86. The van der Waals surface area contributed by atoms with Crippen molar-refractivity contribution < 1.29 is 13.5 Å². The van der Waals surface area contributed by atoms with Crippen molar-refractivity contribution in [2.24, 2.45) is 0 Å². The van der Waals surface area contributed by atoms with E-state index in [9.17, 15) is 8.78 Å². The van der Waals surface area contributed by atoms with Crippen LogP contribution in [-0.2, 0) is 0 Å². The second kappa shape index (κ2) is 4.68. The summed E-state index contributed by atoms with van der Waals surface area (Å²) in [5.74, 6) is 0.274. The van der Waals surface area contributed by atoms with Gasteiger partial charge in [0.15, 0.2) is 0 Å². The minimum absolute atomic E-state index is 0.0844. The molecule has 0 radical (unpaired) electrons. The number of nitrogen functional groups attached to an aromatic ring is 1. The van der Waals surface area contributed by atoms with E-state index in [0.717, 1.165) is 25.7 Å². The van der Waals surface area contributed by atoms with Crippen LogP contribution in [0.4, 0.5) is 14.5 Å². The second-order valence-corrected chi connectivity index (χ2v) is 4.12. The summed E-state index contributed by atoms with van der Waals surface area (Å²) in [6.07, 6.45) is 1.67. The van der Waals surface area contributed by atoms with E-state index in [4.69, 9.17) is 10.5 Å². The van der Waals surface area contributed by atoms with Crippen LogP contribution >= 0.6 is 0 Å². The molecule has 88 valence electrons. The largest absolute Gasteiger partial charge is 0.490 e. The molecule has 0 aromatic heterocycles. The molecule has 0 atom stereocenters. The predicted octanol–water partition coefficient (Wildman–Crippen LogP) is 3.53. The minimum Gasteiger partial charge on any atom is -0.490 e. The normalized spacial score (nSPS) is 16.9. The molecule has 1 fully saturated rings. The highest BCUT2D eigenvalue weighted by Gasteiger charge is 2.20. The van der Waals surface area contributed by atoms with Gasteiger partial charge in [-0.2, -0.15) is 0 Å². The van der Waals surface area contributed by atoms with E-state index in [0.29, 0.717) is 5.69 Å². The first-order valence-corrected chi connectivity index (χ1v) is 5.51. The minimum atomic E-state index is -2.54. The van der Waals surface area contributed by atoms with Gasteiger partial charge in [-0.3, -0.25) is 0 Å². The van der Waals surface area contributed by atoms with Gasteiger partial charge in [-0.25, -0.2) is 8.78 Å². The van der Waals surface area contributed by atoms with Gasteiger partial charge in [0.2, 0.25) is 0 Å². The van der Waals surface area contributed by atoms with Gasteiger partial charge in [-0.15, -0.1) is 0 Å².